The van der Waals surface area contributed by atoms with E-state index in [-0.39, 0.29) is 18.4 Å². The van der Waals surface area contributed by atoms with Crippen molar-refractivity contribution in [2.45, 2.75) is 51.1 Å². The first kappa shape index (κ1) is 19.5. The van der Waals surface area contributed by atoms with Gasteiger partial charge < -0.3 is 21.5 Å². The second-order valence-electron chi connectivity index (χ2n) is 5.68. The van der Waals surface area contributed by atoms with Crippen molar-refractivity contribution in [3.05, 3.63) is 35.9 Å². The highest BCUT2D eigenvalue weighted by atomic mass is 16.4. The summed E-state index contributed by atoms with van der Waals surface area (Å²) in [5.41, 5.74) is 6.11. The average Bonchev–Trinajstić information content (AvgIpc) is 2.52. The van der Waals surface area contributed by atoms with Gasteiger partial charge in [0, 0.05) is 12.5 Å². The molecule has 0 spiro atoms. The second-order valence-corrected chi connectivity index (χ2v) is 5.68. The van der Waals surface area contributed by atoms with Crippen LogP contribution in [0.25, 0.3) is 0 Å². The molecule has 0 aliphatic carbocycles. The normalized spacial score (nSPS) is 12.9. The van der Waals surface area contributed by atoms with Crippen LogP contribution >= 0.6 is 0 Å². The quantitative estimate of drug-likeness (QED) is 0.516. The van der Waals surface area contributed by atoms with E-state index in [1.54, 1.807) is 0 Å². The van der Waals surface area contributed by atoms with E-state index in [1.165, 1.54) is 0 Å². The number of nitrogens with two attached hydrogens (primary N) is 1. The maximum Gasteiger partial charge on any atom is 0.312 e. The van der Waals surface area contributed by atoms with Gasteiger partial charge in [-0.1, -0.05) is 43.7 Å². The highest BCUT2D eigenvalue weighted by Gasteiger charge is 2.22. The molecule has 7 heteroatoms. The fraction of sp³-hybridized carbons (Fsp3) is 0.471. The standard InChI is InChI=1S/C17H25N3O4/c1-2-6-14(20-17(18)24)16(23)19-13(9-10-15(21)22)11-12-7-4-3-5-8-12/h3-5,7-8,13-14H,2,6,9-11H2,1H3,(H,19,23)(H,21,22)(H3,18,20,24)/t13?,14-/m1/s1. The van der Waals surface area contributed by atoms with E-state index in [0.717, 1.165) is 5.56 Å². The summed E-state index contributed by atoms with van der Waals surface area (Å²) in [6, 6.07) is 7.72. The molecular weight excluding hydrogens is 310 g/mol. The SMILES string of the molecule is CCC[C@@H](NC(N)=O)C(=O)NC(CCC(=O)O)Cc1ccccc1. The van der Waals surface area contributed by atoms with Crippen LogP contribution in [0.1, 0.15) is 38.2 Å². The van der Waals surface area contributed by atoms with E-state index in [0.29, 0.717) is 25.7 Å². The van der Waals surface area contributed by atoms with Gasteiger partial charge in [0.05, 0.1) is 0 Å². The van der Waals surface area contributed by atoms with Crippen molar-refractivity contribution in [3.63, 3.8) is 0 Å². The maximum atomic E-state index is 12.4. The van der Waals surface area contributed by atoms with Gasteiger partial charge in [-0.15, -0.1) is 0 Å². The zero-order chi connectivity index (χ0) is 17.9. The first-order valence-electron chi connectivity index (χ1n) is 8.04. The van der Waals surface area contributed by atoms with Gasteiger partial charge in [-0.25, -0.2) is 4.79 Å². The summed E-state index contributed by atoms with van der Waals surface area (Å²) >= 11 is 0. The number of rotatable bonds is 10. The van der Waals surface area contributed by atoms with Crippen LogP contribution in [0.2, 0.25) is 0 Å². The number of nitrogens with one attached hydrogen (secondary N) is 2. The molecule has 1 aromatic carbocycles. The zero-order valence-corrected chi connectivity index (χ0v) is 13.8. The van der Waals surface area contributed by atoms with Crippen molar-refractivity contribution in [1.82, 2.24) is 10.6 Å². The number of carbonyl (C=O) groups excluding carboxylic acids is 2. The van der Waals surface area contributed by atoms with E-state index in [4.69, 9.17) is 10.8 Å². The van der Waals surface area contributed by atoms with Crippen LogP contribution in [-0.2, 0) is 16.0 Å². The highest BCUT2D eigenvalue weighted by Crippen LogP contribution is 2.09. The van der Waals surface area contributed by atoms with Gasteiger partial charge in [0.15, 0.2) is 0 Å². The van der Waals surface area contributed by atoms with Gasteiger partial charge >= 0.3 is 12.0 Å². The summed E-state index contributed by atoms with van der Waals surface area (Å²) in [7, 11) is 0. The first-order valence-corrected chi connectivity index (χ1v) is 8.04. The first-order chi connectivity index (χ1) is 11.4. The van der Waals surface area contributed by atoms with Gasteiger partial charge in [0.25, 0.3) is 0 Å². The molecule has 2 atom stereocenters. The third kappa shape index (κ3) is 7.62. The average molecular weight is 335 g/mol. The van der Waals surface area contributed by atoms with Gasteiger partial charge in [0.2, 0.25) is 5.91 Å². The van der Waals surface area contributed by atoms with Gasteiger partial charge in [-0.2, -0.15) is 0 Å². The molecule has 7 nitrogen and oxygen atoms in total. The lowest BCUT2D eigenvalue weighted by Crippen LogP contribution is -2.51. The largest absolute Gasteiger partial charge is 0.481 e. The Morgan fingerprint density at radius 2 is 1.79 bits per heavy atom. The number of carboxylic acids is 1. The molecule has 5 N–H and O–H groups in total. The number of aliphatic carboxylic acids is 1. The molecular formula is C17H25N3O4. The Hall–Kier alpha value is -2.57. The Labute approximate surface area is 141 Å². The van der Waals surface area contributed by atoms with Crippen molar-refractivity contribution >= 4 is 17.9 Å². The number of hydrogen-bond donors (Lipinski definition) is 4. The van der Waals surface area contributed by atoms with Crippen molar-refractivity contribution in [2.24, 2.45) is 5.73 Å². The van der Waals surface area contributed by atoms with Crippen LogP contribution in [-0.4, -0.2) is 35.1 Å². The van der Waals surface area contributed by atoms with Crippen molar-refractivity contribution in [1.29, 1.82) is 0 Å². The lowest BCUT2D eigenvalue weighted by atomic mass is 10.0. The molecule has 0 radical (unpaired) electrons. The Morgan fingerprint density at radius 3 is 2.33 bits per heavy atom. The van der Waals surface area contributed by atoms with E-state index in [1.807, 2.05) is 37.3 Å². The molecule has 0 aromatic heterocycles. The number of urea groups is 1. The molecule has 0 saturated heterocycles. The number of hydrogen-bond acceptors (Lipinski definition) is 3. The Kier molecular flexibility index (Phi) is 8.32. The Bertz CT molecular complexity index is 548. The minimum absolute atomic E-state index is 0.0422. The number of amides is 3. The molecule has 0 heterocycles. The fourth-order valence-corrected chi connectivity index (χ4v) is 2.45. The zero-order valence-electron chi connectivity index (χ0n) is 13.8. The predicted octanol–water partition coefficient (Wildman–Crippen LogP) is 1.42. The van der Waals surface area contributed by atoms with E-state index >= 15 is 0 Å². The molecule has 1 aromatic rings. The molecule has 0 aliphatic rings. The number of primary amides is 1. The summed E-state index contributed by atoms with van der Waals surface area (Å²) < 4.78 is 0. The summed E-state index contributed by atoms with van der Waals surface area (Å²) in [6.07, 6.45) is 1.96. The molecule has 1 unspecified atom stereocenters. The third-order valence-electron chi connectivity index (χ3n) is 3.59. The summed E-state index contributed by atoms with van der Waals surface area (Å²) in [4.78, 5) is 34.3. The number of carbonyl (C=O) groups is 3. The molecule has 132 valence electrons. The number of carboxylic acid groups (broad SMARTS) is 1. The maximum absolute atomic E-state index is 12.4. The van der Waals surface area contributed by atoms with Crippen molar-refractivity contribution in [3.8, 4) is 0 Å². The lowest BCUT2D eigenvalue weighted by Gasteiger charge is -2.22. The Morgan fingerprint density at radius 1 is 1.12 bits per heavy atom. The van der Waals surface area contributed by atoms with Crippen LogP contribution in [0, 0.1) is 0 Å². The highest BCUT2D eigenvalue weighted by molar-refractivity contribution is 5.86. The summed E-state index contributed by atoms with van der Waals surface area (Å²) in [5.74, 6) is -1.26. The van der Waals surface area contributed by atoms with Gasteiger partial charge in [-0.3, -0.25) is 9.59 Å². The van der Waals surface area contributed by atoms with E-state index in [2.05, 4.69) is 10.6 Å². The molecule has 1 rings (SSSR count). The minimum Gasteiger partial charge on any atom is -0.481 e. The van der Waals surface area contributed by atoms with Gasteiger partial charge in [-0.05, 0) is 24.8 Å². The lowest BCUT2D eigenvalue weighted by molar-refractivity contribution is -0.137. The molecule has 0 aliphatic heterocycles. The van der Waals surface area contributed by atoms with Crippen molar-refractivity contribution < 1.29 is 19.5 Å². The van der Waals surface area contributed by atoms with E-state index in [9.17, 15) is 14.4 Å². The molecule has 0 fully saturated rings. The van der Waals surface area contributed by atoms with Crippen LogP contribution in [0.3, 0.4) is 0 Å². The second kappa shape index (κ2) is 10.3. The third-order valence-corrected chi connectivity index (χ3v) is 3.59. The molecule has 0 bridgehead atoms. The predicted molar refractivity (Wildman–Crippen MR) is 90.4 cm³/mol. The molecule has 3 amide bonds. The summed E-state index contributed by atoms with van der Waals surface area (Å²) in [6.45, 7) is 1.90. The van der Waals surface area contributed by atoms with Crippen molar-refractivity contribution in [2.75, 3.05) is 0 Å². The topological polar surface area (TPSA) is 122 Å². The fourth-order valence-electron chi connectivity index (χ4n) is 2.45. The van der Waals surface area contributed by atoms with Crippen LogP contribution in [0.4, 0.5) is 4.79 Å². The van der Waals surface area contributed by atoms with Crippen LogP contribution in [0.15, 0.2) is 30.3 Å². The minimum atomic E-state index is -0.914. The number of benzene rings is 1. The molecule has 0 saturated carbocycles. The van der Waals surface area contributed by atoms with Crippen LogP contribution in [0.5, 0.6) is 0 Å². The summed E-state index contributed by atoms with van der Waals surface area (Å²) in [5, 5.41) is 14.2. The Balaban J connectivity index is 2.75. The van der Waals surface area contributed by atoms with Crippen LogP contribution < -0.4 is 16.4 Å². The molecule has 24 heavy (non-hydrogen) atoms. The van der Waals surface area contributed by atoms with Gasteiger partial charge in [0.1, 0.15) is 6.04 Å². The monoisotopic (exact) mass is 335 g/mol. The smallest absolute Gasteiger partial charge is 0.312 e. The van der Waals surface area contributed by atoms with E-state index < -0.39 is 18.0 Å².